The highest BCUT2D eigenvalue weighted by Gasteiger charge is 2.27. The molecule has 0 unspecified atom stereocenters. The molecular weight excluding hydrogens is 404 g/mol. The Hall–Kier alpha value is -2.29. The Morgan fingerprint density at radius 2 is 2.15 bits per heavy atom. The van der Waals surface area contributed by atoms with Crippen LogP contribution >= 0.6 is 34.7 Å². The normalized spacial score (nSPS) is 19.9. The van der Waals surface area contributed by atoms with Gasteiger partial charge in [0.2, 0.25) is 0 Å². The van der Waals surface area contributed by atoms with Gasteiger partial charge >= 0.3 is 0 Å². The number of fused-ring (bicyclic) bond motifs is 1. The van der Waals surface area contributed by atoms with Gasteiger partial charge in [-0.15, -0.1) is 17.9 Å². The van der Waals surface area contributed by atoms with Crippen LogP contribution < -0.4 is 25.1 Å². The van der Waals surface area contributed by atoms with Gasteiger partial charge in [0, 0.05) is 23.5 Å². The van der Waals surface area contributed by atoms with E-state index in [4.69, 9.17) is 11.6 Å². The number of hydrogen-bond acceptors (Lipinski definition) is 6. The average molecular weight is 419 g/mol. The second-order valence-electron chi connectivity index (χ2n) is 6.03. The molecule has 0 spiro atoms. The number of nitrogens with zero attached hydrogens (tertiary/aromatic N) is 3. The van der Waals surface area contributed by atoms with Crippen molar-refractivity contribution in [3.63, 3.8) is 0 Å². The monoisotopic (exact) mass is 418 g/mol. The molecule has 2 aromatic rings. The first-order chi connectivity index (χ1) is 12.9. The molecule has 0 atom stereocenters. The van der Waals surface area contributed by atoms with Crippen LogP contribution in [0.25, 0.3) is 10.6 Å². The number of thiazole rings is 1. The minimum Gasteiger partial charge on any atom is -0.337 e. The molecule has 1 amide bonds. The average Bonchev–Trinajstić information content (AvgIpc) is 3.24. The van der Waals surface area contributed by atoms with Crippen molar-refractivity contribution in [1.82, 2.24) is 9.99 Å². The van der Waals surface area contributed by atoms with E-state index in [-0.39, 0.29) is 11.5 Å². The molecule has 3 heterocycles. The van der Waals surface area contributed by atoms with Crippen LogP contribution in [0.4, 0.5) is 5.69 Å². The number of rotatable bonds is 2. The lowest BCUT2D eigenvalue weighted by Crippen LogP contribution is -2.35. The lowest BCUT2D eigenvalue weighted by atomic mass is 10.2. The van der Waals surface area contributed by atoms with Gasteiger partial charge in [-0.3, -0.25) is 14.2 Å². The van der Waals surface area contributed by atoms with Crippen LogP contribution in [0.1, 0.15) is 6.92 Å². The second-order valence-corrected chi connectivity index (χ2v) is 8.50. The highest BCUT2D eigenvalue weighted by Crippen LogP contribution is 2.46. The Morgan fingerprint density at radius 1 is 1.37 bits per heavy atom. The fourth-order valence-electron chi connectivity index (χ4n) is 3.01. The third kappa shape index (κ3) is 2.84. The molecule has 0 radical (unpaired) electrons. The van der Waals surface area contributed by atoms with Crippen molar-refractivity contribution in [2.75, 3.05) is 11.9 Å². The summed E-state index contributed by atoms with van der Waals surface area (Å²) in [4.78, 5) is 28.4. The summed E-state index contributed by atoms with van der Waals surface area (Å²) < 4.78 is 2.73. The van der Waals surface area contributed by atoms with Crippen LogP contribution in [0.15, 0.2) is 45.6 Å². The van der Waals surface area contributed by atoms with Crippen molar-refractivity contribution in [3.8, 4) is 0 Å². The summed E-state index contributed by atoms with van der Waals surface area (Å²) >= 11 is 8.94. The summed E-state index contributed by atoms with van der Waals surface area (Å²) in [5.74, 6) is -0.300. The number of carbonyl (C=O) groups is 1. The minimum absolute atomic E-state index is 0.150. The zero-order valence-electron chi connectivity index (χ0n) is 14.6. The number of thioether (sulfide) groups is 1. The minimum atomic E-state index is -0.300. The maximum absolute atomic E-state index is 13.2. The molecule has 9 heteroatoms. The highest BCUT2D eigenvalue weighted by atomic mass is 35.5. The summed E-state index contributed by atoms with van der Waals surface area (Å²) in [6, 6.07) is 5.65. The molecule has 138 valence electrons. The van der Waals surface area contributed by atoms with E-state index in [1.807, 2.05) is 30.1 Å². The van der Waals surface area contributed by atoms with Crippen molar-refractivity contribution in [2.45, 2.75) is 18.4 Å². The molecule has 6 nitrogen and oxygen atoms in total. The Morgan fingerprint density at radius 3 is 2.81 bits per heavy atom. The van der Waals surface area contributed by atoms with Crippen LogP contribution in [0.5, 0.6) is 0 Å². The molecule has 2 aliphatic rings. The maximum atomic E-state index is 13.2. The van der Waals surface area contributed by atoms with Crippen molar-refractivity contribution in [2.24, 2.45) is 5.10 Å². The highest BCUT2D eigenvalue weighted by molar-refractivity contribution is 8.08. The number of aromatic nitrogens is 1. The first kappa shape index (κ1) is 18.1. The Balaban J connectivity index is 2.04. The molecular formula is C18H15ClN4O2S2. The first-order valence-electron chi connectivity index (χ1n) is 8.07. The van der Waals surface area contributed by atoms with Gasteiger partial charge < -0.3 is 4.90 Å². The fraction of sp³-hybridized carbons (Fsp3) is 0.167. The molecule has 0 saturated carbocycles. The topological polar surface area (TPSA) is 66.7 Å². The molecule has 0 fully saturated rings. The van der Waals surface area contributed by atoms with E-state index in [2.05, 4.69) is 17.1 Å². The second kappa shape index (κ2) is 6.70. The number of hydrazone groups is 1. The summed E-state index contributed by atoms with van der Waals surface area (Å²) in [6.45, 7) is 5.80. The molecule has 0 bridgehead atoms. The van der Waals surface area contributed by atoms with Crippen LogP contribution in [-0.2, 0) is 11.3 Å². The zero-order valence-corrected chi connectivity index (χ0v) is 17.0. The predicted molar refractivity (Wildman–Crippen MR) is 112 cm³/mol. The van der Waals surface area contributed by atoms with E-state index in [1.54, 1.807) is 17.6 Å². The summed E-state index contributed by atoms with van der Waals surface area (Å²) in [5, 5.41) is 5.44. The van der Waals surface area contributed by atoms with Crippen LogP contribution in [0.3, 0.4) is 0 Å². The van der Waals surface area contributed by atoms with Gasteiger partial charge in [0.25, 0.3) is 11.5 Å². The lowest BCUT2D eigenvalue weighted by Gasteiger charge is -2.12. The summed E-state index contributed by atoms with van der Waals surface area (Å²) in [5.41, 5.74) is 4.26. The number of nitrogens with one attached hydrogen (secondary N) is 1. The van der Waals surface area contributed by atoms with Gasteiger partial charge in [-0.1, -0.05) is 29.4 Å². The number of amides is 1. The third-order valence-corrected chi connectivity index (χ3v) is 7.10. The number of anilines is 1. The number of hydrogen-bond donors (Lipinski definition) is 1. The molecule has 1 N–H and O–H groups in total. The first-order valence-corrected chi connectivity index (χ1v) is 10.1. The SMILES string of the molecule is C=CCn1c(=C2C(=O)NN=C2C)s/c(=C2\Sc3ccc(Cl)cc3N2C)c1=O. The summed E-state index contributed by atoms with van der Waals surface area (Å²) in [7, 11) is 1.91. The Bertz CT molecular complexity index is 1210. The van der Waals surface area contributed by atoms with Crippen LogP contribution in [0.2, 0.25) is 5.02 Å². The molecule has 4 rings (SSSR count). The number of allylic oxidation sites excluding steroid dienone is 1. The molecule has 1 aromatic heterocycles. The van der Waals surface area contributed by atoms with E-state index >= 15 is 0 Å². The van der Waals surface area contributed by atoms with Gasteiger partial charge in [0.1, 0.15) is 14.2 Å². The van der Waals surface area contributed by atoms with Gasteiger partial charge in [0.15, 0.2) is 0 Å². The quantitative estimate of drug-likeness (QED) is 0.754. The summed E-state index contributed by atoms with van der Waals surface area (Å²) in [6.07, 6.45) is 1.64. The Kier molecular flexibility index (Phi) is 4.49. The van der Waals surface area contributed by atoms with Crippen molar-refractivity contribution >= 4 is 62.6 Å². The number of halogens is 1. The van der Waals surface area contributed by atoms with E-state index in [0.29, 0.717) is 32.0 Å². The number of benzene rings is 1. The predicted octanol–water partition coefficient (Wildman–Crippen LogP) is 1.71. The van der Waals surface area contributed by atoms with Crippen molar-refractivity contribution in [1.29, 1.82) is 0 Å². The van der Waals surface area contributed by atoms with E-state index < -0.39 is 0 Å². The van der Waals surface area contributed by atoms with E-state index in [9.17, 15) is 9.59 Å². The van der Waals surface area contributed by atoms with Crippen LogP contribution in [-0.4, -0.2) is 23.2 Å². The molecule has 27 heavy (non-hydrogen) atoms. The molecule has 0 saturated heterocycles. The maximum Gasteiger partial charge on any atom is 0.276 e. The smallest absolute Gasteiger partial charge is 0.276 e. The van der Waals surface area contributed by atoms with Crippen LogP contribution in [0, 0.1) is 0 Å². The Labute approximate surface area is 168 Å². The number of carbonyl (C=O) groups excluding carboxylic acids is 1. The van der Waals surface area contributed by atoms with Crippen molar-refractivity contribution < 1.29 is 4.79 Å². The molecule has 1 aromatic carbocycles. The van der Waals surface area contributed by atoms with E-state index in [1.165, 1.54) is 23.1 Å². The third-order valence-electron chi connectivity index (χ3n) is 4.31. The van der Waals surface area contributed by atoms with Gasteiger partial charge in [-0.25, -0.2) is 5.43 Å². The van der Waals surface area contributed by atoms with E-state index in [0.717, 1.165) is 15.6 Å². The zero-order chi connectivity index (χ0) is 19.3. The largest absolute Gasteiger partial charge is 0.337 e. The van der Waals surface area contributed by atoms with Gasteiger partial charge in [-0.2, -0.15) is 5.10 Å². The van der Waals surface area contributed by atoms with Gasteiger partial charge in [-0.05, 0) is 25.1 Å². The fourth-order valence-corrected chi connectivity index (χ4v) is 5.71. The van der Waals surface area contributed by atoms with Crippen molar-refractivity contribution in [3.05, 3.63) is 55.4 Å². The standard InChI is InChI=1S/C18H15ClN4O2S2/c1-4-7-23-16(25)14(27-17(23)13-9(2)20-21-15(13)24)18-22(3)11-8-10(19)5-6-12(11)26-18/h4-6,8H,1,7H2,2-3H3,(H,21,24)/b17-13?,18-14-. The molecule has 0 aliphatic carbocycles. The lowest BCUT2D eigenvalue weighted by molar-refractivity contribution is -0.115. The van der Waals surface area contributed by atoms with Gasteiger partial charge in [0.05, 0.1) is 17.0 Å². The molecule has 2 aliphatic heterocycles.